The van der Waals surface area contributed by atoms with Gasteiger partial charge in [0.15, 0.2) is 5.78 Å². The van der Waals surface area contributed by atoms with Gasteiger partial charge in [-0.3, -0.25) is 4.79 Å². The number of ketones is 1. The Balaban J connectivity index is 1.73. The Hall–Kier alpha value is -2.66. The highest BCUT2D eigenvalue weighted by Gasteiger charge is 2.24. The molecule has 152 valence electrons. The summed E-state index contributed by atoms with van der Waals surface area (Å²) in [5.41, 5.74) is 2.98. The largest absolute Gasteiger partial charge is 0.497 e. The monoisotopic (exact) mass is 394 g/mol. The van der Waals surface area contributed by atoms with Gasteiger partial charge in [0.1, 0.15) is 11.6 Å². The molecule has 1 aliphatic heterocycles. The summed E-state index contributed by atoms with van der Waals surface area (Å²) in [5.74, 6) is 0.291. The molecule has 2 heterocycles. The van der Waals surface area contributed by atoms with Crippen molar-refractivity contribution < 1.29 is 13.9 Å². The minimum Gasteiger partial charge on any atom is -0.497 e. The molecule has 3 aromatic rings. The highest BCUT2D eigenvalue weighted by Crippen LogP contribution is 2.30. The average Bonchev–Trinajstić information content (AvgIpc) is 3.25. The molecular weight excluding hydrogens is 367 g/mol. The number of aromatic nitrogens is 1. The Labute approximate surface area is 170 Å². The number of carbonyl (C=O) groups is 1. The number of halogens is 1. The highest BCUT2D eigenvalue weighted by molar-refractivity contribution is 6.17. The van der Waals surface area contributed by atoms with Gasteiger partial charge in [0, 0.05) is 34.7 Å². The fourth-order valence-corrected chi connectivity index (χ4v) is 4.54. The van der Waals surface area contributed by atoms with E-state index in [-0.39, 0.29) is 11.6 Å². The van der Waals surface area contributed by atoms with Gasteiger partial charge in [0.2, 0.25) is 0 Å². The number of hydrogen-bond donors (Lipinski definition) is 0. The number of ether oxygens (including phenoxy) is 1. The second-order valence-electron chi connectivity index (χ2n) is 7.90. The van der Waals surface area contributed by atoms with Gasteiger partial charge in [-0.1, -0.05) is 0 Å². The topological polar surface area (TPSA) is 34.5 Å². The Morgan fingerprint density at radius 3 is 2.62 bits per heavy atom. The van der Waals surface area contributed by atoms with Crippen molar-refractivity contribution in [2.75, 3.05) is 20.7 Å². The van der Waals surface area contributed by atoms with Crippen LogP contribution in [0.1, 0.15) is 40.9 Å². The minimum absolute atomic E-state index is 0.0857. The van der Waals surface area contributed by atoms with E-state index in [0.717, 1.165) is 30.7 Å². The molecule has 1 aromatic heterocycles. The zero-order valence-electron chi connectivity index (χ0n) is 17.2. The predicted molar refractivity (Wildman–Crippen MR) is 113 cm³/mol. The summed E-state index contributed by atoms with van der Waals surface area (Å²) < 4.78 is 21.4. The van der Waals surface area contributed by atoms with E-state index in [0.29, 0.717) is 28.3 Å². The van der Waals surface area contributed by atoms with Crippen LogP contribution in [0.3, 0.4) is 0 Å². The van der Waals surface area contributed by atoms with E-state index in [1.807, 2.05) is 6.92 Å². The summed E-state index contributed by atoms with van der Waals surface area (Å²) in [6.07, 6.45) is 3.47. The van der Waals surface area contributed by atoms with E-state index in [1.54, 1.807) is 37.4 Å². The first-order chi connectivity index (χ1) is 14.0. The zero-order chi connectivity index (χ0) is 20.5. The molecule has 0 radical (unpaired) electrons. The minimum atomic E-state index is -0.325. The van der Waals surface area contributed by atoms with Crippen molar-refractivity contribution in [3.8, 4) is 5.75 Å². The first-order valence-corrected chi connectivity index (χ1v) is 10.2. The molecule has 0 amide bonds. The van der Waals surface area contributed by atoms with Crippen LogP contribution in [-0.4, -0.2) is 42.0 Å². The van der Waals surface area contributed by atoms with Crippen LogP contribution in [0.5, 0.6) is 5.75 Å². The van der Waals surface area contributed by atoms with E-state index in [2.05, 4.69) is 16.5 Å². The van der Waals surface area contributed by atoms with Crippen molar-refractivity contribution in [2.24, 2.45) is 0 Å². The molecule has 2 aromatic carbocycles. The van der Waals surface area contributed by atoms with Crippen LogP contribution in [0, 0.1) is 12.7 Å². The van der Waals surface area contributed by atoms with Crippen LogP contribution in [-0.2, 0) is 6.54 Å². The summed E-state index contributed by atoms with van der Waals surface area (Å²) in [5, 5.41) is 0.683. The summed E-state index contributed by atoms with van der Waals surface area (Å²) >= 11 is 0. The van der Waals surface area contributed by atoms with Crippen LogP contribution < -0.4 is 4.74 Å². The molecule has 1 atom stereocenters. The second kappa shape index (κ2) is 7.99. The lowest BCUT2D eigenvalue weighted by atomic mass is 10.0. The van der Waals surface area contributed by atoms with Crippen molar-refractivity contribution in [2.45, 2.75) is 38.8 Å². The highest BCUT2D eigenvalue weighted by atomic mass is 19.1. The molecule has 29 heavy (non-hydrogen) atoms. The van der Waals surface area contributed by atoms with Crippen molar-refractivity contribution in [1.82, 2.24) is 9.47 Å². The van der Waals surface area contributed by atoms with Gasteiger partial charge in [0.05, 0.1) is 12.7 Å². The Morgan fingerprint density at radius 2 is 1.97 bits per heavy atom. The molecule has 4 rings (SSSR count). The fourth-order valence-electron chi connectivity index (χ4n) is 4.54. The van der Waals surface area contributed by atoms with Gasteiger partial charge in [-0.05, 0) is 82.2 Å². The molecule has 5 heteroatoms. The molecule has 0 spiro atoms. The summed E-state index contributed by atoms with van der Waals surface area (Å²) in [4.78, 5) is 15.7. The average molecular weight is 394 g/mol. The molecule has 4 nitrogen and oxygen atoms in total. The first kappa shape index (κ1) is 19.6. The molecule has 0 N–H and O–H groups in total. The third-order valence-electron chi connectivity index (χ3n) is 6.22. The number of methoxy groups -OCH3 is 1. The quantitative estimate of drug-likeness (QED) is 0.563. The molecule has 1 saturated heterocycles. The van der Waals surface area contributed by atoms with Gasteiger partial charge in [-0.15, -0.1) is 0 Å². The van der Waals surface area contributed by atoms with Crippen molar-refractivity contribution in [3.05, 3.63) is 65.1 Å². The second-order valence-corrected chi connectivity index (χ2v) is 7.90. The van der Waals surface area contributed by atoms with Crippen molar-refractivity contribution in [1.29, 1.82) is 0 Å². The van der Waals surface area contributed by atoms with E-state index in [1.165, 1.54) is 25.0 Å². The maximum atomic E-state index is 14.1. The fraction of sp³-hybridized carbons (Fsp3) is 0.375. The van der Waals surface area contributed by atoms with Gasteiger partial charge < -0.3 is 14.2 Å². The Kier molecular flexibility index (Phi) is 5.41. The number of fused-ring (bicyclic) bond motifs is 1. The molecule has 1 unspecified atom stereocenters. The molecule has 0 aliphatic carbocycles. The molecule has 0 bridgehead atoms. The lowest BCUT2D eigenvalue weighted by Gasteiger charge is -2.20. The van der Waals surface area contributed by atoms with E-state index < -0.39 is 0 Å². The first-order valence-electron chi connectivity index (χ1n) is 10.2. The lowest BCUT2D eigenvalue weighted by Crippen LogP contribution is -2.26. The number of hydrogen-bond acceptors (Lipinski definition) is 3. The van der Waals surface area contributed by atoms with Crippen LogP contribution in [0.2, 0.25) is 0 Å². The van der Waals surface area contributed by atoms with Gasteiger partial charge >= 0.3 is 0 Å². The predicted octanol–water partition coefficient (Wildman–Crippen LogP) is 4.81. The standard InChI is InChI=1S/C24H27FN2O2/c1-16-23(24(28)17-6-9-20(29-3)10-7-17)21-15-18(25)8-11-22(21)27(16)14-12-19-5-4-13-26(19)2/h6-11,15,19H,4-5,12-14H2,1-3H3. The van der Waals surface area contributed by atoms with Crippen LogP contribution in [0.4, 0.5) is 4.39 Å². The molecular formula is C24H27FN2O2. The van der Waals surface area contributed by atoms with E-state index in [9.17, 15) is 9.18 Å². The normalized spacial score (nSPS) is 17.2. The summed E-state index contributed by atoms with van der Waals surface area (Å²) in [6, 6.07) is 12.4. The van der Waals surface area contributed by atoms with Gasteiger partial charge in [0.25, 0.3) is 0 Å². The number of nitrogens with zero attached hydrogens (tertiary/aromatic N) is 2. The summed E-state index contributed by atoms with van der Waals surface area (Å²) in [6.45, 7) is 3.92. The van der Waals surface area contributed by atoms with Gasteiger partial charge in [-0.25, -0.2) is 4.39 Å². The van der Waals surface area contributed by atoms with Gasteiger partial charge in [-0.2, -0.15) is 0 Å². The maximum Gasteiger partial charge on any atom is 0.195 e. The summed E-state index contributed by atoms with van der Waals surface area (Å²) in [7, 11) is 3.77. The van der Waals surface area contributed by atoms with E-state index >= 15 is 0 Å². The van der Waals surface area contributed by atoms with Crippen molar-refractivity contribution >= 4 is 16.7 Å². The number of aryl methyl sites for hydroxylation is 1. The SMILES string of the molecule is COc1ccc(C(=O)c2c(C)n(CCC3CCCN3C)c3ccc(F)cc23)cc1. The molecule has 1 fully saturated rings. The Bertz CT molecular complexity index is 1040. The number of likely N-dealkylation sites (tertiary alicyclic amines) is 1. The van der Waals surface area contributed by atoms with Crippen molar-refractivity contribution in [3.63, 3.8) is 0 Å². The maximum absolute atomic E-state index is 14.1. The molecule has 0 saturated carbocycles. The smallest absolute Gasteiger partial charge is 0.195 e. The Morgan fingerprint density at radius 1 is 1.21 bits per heavy atom. The third kappa shape index (κ3) is 3.67. The number of carbonyl (C=O) groups excluding carboxylic acids is 1. The van der Waals surface area contributed by atoms with Crippen LogP contribution in [0.15, 0.2) is 42.5 Å². The number of rotatable bonds is 6. The lowest BCUT2D eigenvalue weighted by molar-refractivity contribution is 0.103. The van der Waals surface area contributed by atoms with Crippen LogP contribution >= 0.6 is 0 Å². The molecule has 1 aliphatic rings. The third-order valence-corrected chi connectivity index (χ3v) is 6.22. The number of benzene rings is 2. The zero-order valence-corrected chi connectivity index (χ0v) is 17.2. The van der Waals surface area contributed by atoms with Crippen LogP contribution in [0.25, 0.3) is 10.9 Å². The van der Waals surface area contributed by atoms with E-state index in [4.69, 9.17) is 4.74 Å².